The van der Waals surface area contributed by atoms with Crippen molar-refractivity contribution in [2.24, 2.45) is 0 Å². The minimum Gasteiger partial charge on any atom is -0.478 e. The number of carbonyl (C=O) groups excluding carboxylic acids is 1. The average Bonchev–Trinajstić information content (AvgIpc) is 2.71. The number of ether oxygens (including phenoxy) is 2. The number of rotatable bonds is 11. The van der Waals surface area contributed by atoms with Crippen LogP contribution in [0.5, 0.6) is 0 Å². The standard InChI is InChI=1S/C21H26N2O7S/c1-3-29-13-14-30-12-11-16-17(20(24)25)8-6-9-18(16)22-21(26)23-31(27,28)19-10-5-4-7-15(19)2/h4-10H,3,11-14H2,1-2H3,(H,24,25)(H2,22,23,26). The molecule has 2 amide bonds. The number of aryl methyl sites for hydroxylation is 1. The fraction of sp³-hybridized carbons (Fsp3) is 0.333. The van der Waals surface area contributed by atoms with Gasteiger partial charge in [0.1, 0.15) is 0 Å². The number of benzene rings is 2. The Bertz CT molecular complexity index is 1020. The first kappa shape index (κ1) is 24.3. The molecule has 0 aliphatic carbocycles. The molecule has 31 heavy (non-hydrogen) atoms. The number of anilines is 1. The van der Waals surface area contributed by atoms with E-state index in [0.29, 0.717) is 30.9 Å². The molecule has 10 heteroatoms. The van der Waals surface area contributed by atoms with Crippen LogP contribution < -0.4 is 10.0 Å². The van der Waals surface area contributed by atoms with Crippen LogP contribution >= 0.6 is 0 Å². The maximum absolute atomic E-state index is 12.5. The highest BCUT2D eigenvalue weighted by Gasteiger charge is 2.21. The third-order valence-corrected chi connectivity index (χ3v) is 5.83. The molecule has 2 aromatic carbocycles. The minimum atomic E-state index is -4.10. The predicted molar refractivity (Wildman–Crippen MR) is 115 cm³/mol. The molecule has 0 aromatic heterocycles. The first-order valence-electron chi connectivity index (χ1n) is 9.66. The van der Waals surface area contributed by atoms with Crippen molar-refractivity contribution in [3.05, 3.63) is 59.2 Å². The zero-order chi connectivity index (χ0) is 22.9. The number of carboxylic acid groups (broad SMARTS) is 1. The van der Waals surface area contributed by atoms with Gasteiger partial charge in [0.2, 0.25) is 0 Å². The largest absolute Gasteiger partial charge is 0.478 e. The Kier molecular flexibility index (Phi) is 8.98. The van der Waals surface area contributed by atoms with Crippen LogP contribution in [-0.4, -0.2) is 52.0 Å². The van der Waals surface area contributed by atoms with Gasteiger partial charge in [-0.05, 0) is 49.6 Å². The molecule has 0 atom stereocenters. The first-order chi connectivity index (χ1) is 14.8. The van der Waals surface area contributed by atoms with Crippen LogP contribution in [-0.2, 0) is 25.9 Å². The highest BCUT2D eigenvalue weighted by Crippen LogP contribution is 2.22. The van der Waals surface area contributed by atoms with Crippen molar-refractivity contribution in [2.75, 3.05) is 31.7 Å². The Hall–Kier alpha value is -2.95. The van der Waals surface area contributed by atoms with E-state index in [2.05, 4.69) is 5.32 Å². The number of amides is 2. The van der Waals surface area contributed by atoms with Crippen LogP contribution in [0.2, 0.25) is 0 Å². The molecule has 0 spiro atoms. The Morgan fingerprint density at radius 2 is 1.71 bits per heavy atom. The molecular weight excluding hydrogens is 424 g/mol. The molecule has 0 aliphatic heterocycles. The molecule has 9 nitrogen and oxygen atoms in total. The van der Waals surface area contributed by atoms with E-state index in [-0.39, 0.29) is 29.2 Å². The van der Waals surface area contributed by atoms with Gasteiger partial charge in [-0.2, -0.15) is 0 Å². The van der Waals surface area contributed by atoms with Gasteiger partial charge in [0, 0.05) is 12.3 Å². The summed E-state index contributed by atoms with van der Waals surface area (Å²) in [5.74, 6) is -1.17. The van der Waals surface area contributed by atoms with E-state index in [1.165, 1.54) is 24.3 Å². The van der Waals surface area contributed by atoms with E-state index in [1.807, 2.05) is 11.6 Å². The number of nitrogens with one attached hydrogen (secondary N) is 2. The summed E-state index contributed by atoms with van der Waals surface area (Å²) in [6.45, 7) is 5.02. The molecule has 0 heterocycles. The second-order valence-corrected chi connectivity index (χ2v) is 8.17. The molecule has 0 saturated carbocycles. The van der Waals surface area contributed by atoms with Crippen LogP contribution in [0.15, 0.2) is 47.4 Å². The number of urea groups is 1. The van der Waals surface area contributed by atoms with Gasteiger partial charge in [-0.25, -0.2) is 22.7 Å². The lowest BCUT2D eigenvalue weighted by Gasteiger charge is -2.15. The topological polar surface area (TPSA) is 131 Å². The maximum atomic E-state index is 12.5. The maximum Gasteiger partial charge on any atom is 0.336 e. The smallest absolute Gasteiger partial charge is 0.336 e. The Morgan fingerprint density at radius 3 is 2.39 bits per heavy atom. The van der Waals surface area contributed by atoms with E-state index in [0.717, 1.165) is 0 Å². The van der Waals surface area contributed by atoms with Crippen molar-refractivity contribution >= 4 is 27.7 Å². The summed E-state index contributed by atoms with van der Waals surface area (Å²) < 4.78 is 37.6. The Balaban J connectivity index is 2.14. The van der Waals surface area contributed by atoms with Crippen molar-refractivity contribution in [2.45, 2.75) is 25.2 Å². The first-order valence-corrected chi connectivity index (χ1v) is 11.1. The normalized spacial score (nSPS) is 11.2. The molecule has 0 aliphatic rings. The second-order valence-electron chi connectivity index (χ2n) is 6.52. The van der Waals surface area contributed by atoms with Crippen molar-refractivity contribution < 1.29 is 32.6 Å². The van der Waals surface area contributed by atoms with Gasteiger partial charge in [0.05, 0.1) is 30.3 Å². The van der Waals surface area contributed by atoms with E-state index >= 15 is 0 Å². The van der Waals surface area contributed by atoms with Crippen molar-refractivity contribution in [3.8, 4) is 0 Å². The van der Waals surface area contributed by atoms with Gasteiger partial charge >= 0.3 is 12.0 Å². The second kappa shape index (κ2) is 11.4. The van der Waals surface area contributed by atoms with Crippen LogP contribution in [0, 0.1) is 6.92 Å². The van der Waals surface area contributed by atoms with Gasteiger partial charge in [-0.15, -0.1) is 0 Å². The molecule has 3 N–H and O–H groups in total. The summed E-state index contributed by atoms with van der Waals surface area (Å²) in [7, 11) is -4.10. The summed E-state index contributed by atoms with van der Waals surface area (Å²) in [6, 6.07) is 9.63. The lowest BCUT2D eigenvalue weighted by molar-refractivity contribution is 0.0539. The van der Waals surface area contributed by atoms with Gasteiger partial charge in [-0.1, -0.05) is 24.3 Å². The third kappa shape index (κ3) is 7.06. The molecule has 0 unspecified atom stereocenters. The number of aromatic carboxylic acids is 1. The molecule has 2 aromatic rings. The zero-order valence-electron chi connectivity index (χ0n) is 17.4. The summed E-state index contributed by atoms with van der Waals surface area (Å²) in [5, 5.41) is 11.9. The van der Waals surface area contributed by atoms with Gasteiger partial charge in [0.15, 0.2) is 0 Å². The summed E-state index contributed by atoms with van der Waals surface area (Å²) in [5.41, 5.74) is 0.995. The third-order valence-electron chi connectivity index (χ3n) is 4.34. The summed E-state index contributed by atoms with van der Waals surface area (Å²) in [6.07, 6.45) is 0.203. The molecule has 2 rings (SSSR count). The van der Waals surface area contributed by atoms with Crippen LogP contribution in [0.4, 0.5) is 10.5 Å². The van der Waals surface area contributed by atoms with Crippen molar-refractivity contribution in [1.82, 2.24) is 4.72 Å². The van der Waals surface area contributed by atoms with Crippen LogP contribution in [0.1, 0.15) is 28.4 Å². The number of sulfonamides is 1. The van der Waals surface area contributed by atoms with E-state index in [9.17, 15) is 23.1 Å². The molecule has 0 fully saturated rings. The fourth-order valence-corrected chi connectivity index (χ4v) is 4.05. The molecule has 0 bridgehead atoms. The number of carboxylic acids is 1. The highest BCUT2D eigenvalue weighted by molar-refractivity contribution is 7.90. The fourth-order valence-electron chi connectivity index (χ4n) is 2.89. The van der Waals surface area contributed by atoms with E-state index < -0.39 is 22.0 Å². The SMILES string of the molecule is CCOCCOCCc1c(NC(=O)NS(=O)(=O)c2ccccc2C)cccc1C(=O)O. The summed E-state index contributed by atoms with van der Waals surface area (Å²) >= 11 is 0. The van der Waals surface area contributed by atoms with E-state index in [4.69, 9.17) is 9.47 Å². The lowest BCUT2D eigenvalue weighted by Crippen LogP contribution is -2.35. The van der Waals surface area contributed by atoms with Gasteiger partial charge in [0.25, 0.3) is 10.0 Å². The molecule has 168 valence electrons. The van der Waals surface area contributed by atoms with Gasteiger partial charge < -0.3 is 19.9 Å². The number of carbonyl (C=O) groups is 2. The molecule has 0 saturated heterocycles. The molecular formula is C21H26N2O7S. The van der Waals surface area contributed by atoms with Crippen LogP contribution in [0.25, 0.3) is 0 Å². The highest BCUT2D eigenvalue weighted by atomic mass is 32.2. The summed E-state index contributed by atoms with van der Waals surface area (Å²) in [4.78, 5) is 24.0. The zero-order valence-corrected chi connectivity index (χ0v) is 18.2. The number of hydrogen-bond donors (Lipinski definition) is 3. The Morgan fingerprint density at radius 1 is 1.00 bits per heavy atom. The lowest BCUT2D eigenvalue weighted by atomic mass is 10.0. The number of hydrogen-bond acceptors (Lipinski definition) is 6. The monoisotopic (exact) mass is 450 g/mol. The average molecular weight is 451 g/mol. The van der Waals surface area contributed by atoms with Crippen molar-refractivity contribution in [3.63, 3.8) is 0 Å². The van der Waals surface area contributed by atoms with Gasteiger partial charge in [-0.3, -0.25) is 0 Å². The minimum absolute atomic E-state index is 0.00651. The predicted octanol–water partition coefficient (Wildman–Crippen LogP) is 2.80. The quantitative estimate of drug-likeness (QED) is 0.449. The van der Waals surface area contributed by atoms with E-state index in [1.54, 1.807) is 25.1 Å². The Labute approximate surface area is 181 Å². The van der Waals surface area contributed by atoms with Crippen LogP contribution in [0.3, 0.4) is 0 Å². The molecule has 0 radical (unpaired) electrons. The van der Waals surface area contributed by atoms with Crippen molar-refractivity contribution in [1.29, 1.82) is 0 Å².